The molecular weight excluding hydrogens is 324 g/mol. The number of alkyl halides is 3. The number of carbonyl (C=O) groups is 1. The van der Waals surface area contributed by atoms with Gasteiger partial charge in [-0.3, -0.25) is 10.2 Å². The van der Waals surface area contributed by atoms with Gasteiger partial charge < -0.3 is 0 Å². The van der Waals surface area contributed by atoms with Crippen molar-refractivity contribution in [1.29, 1.82) is 0 Å². The Morgan fingerprint density at radius 1 is 1.29 bits per heavy atom. The fourth-order valence-corrected chi connectivity index (χ4v) is 2.86. The number of benzene rings is 1. The van der Waals surface area contributed by atoms with E-state index >= 15 is 0 Å². The van der Waals surface area contributed by atoms with Crippen molar-refractivity contribution in [1.82, 2.24) is 10.4 Å². The lowest BCUT2D eigenvalue weighted by molar-refractivity contribution is -0.190. The van der Waals surface area contributed by atoms with Gasteiger partial charge >= 0.3 is 6.18 Å². The average Bonchev–Trinajstić information content (AvgIpc) is 2.70. The van der Waals surface area contributed by atoms with Crippen LogP contribution < -0.4 is 5.43 Å². The minimum Gasteiger partial charge on any atom is -0.288 e. The fourth-order valence-electron chi connectivity index (χ4n) is 2.86. The van der Waals surface area contributed by atoms with Gasteiger partial charge in [0.1, 0.15) is 11.9 Å². The largest absolute Gasteiger partial charge is 0.405 e. The minimum atomic E-state index is -4.41. The van der Waals surface area contributed by atoms with Gasteiger partial charge in [-0.05, 0) is 50.8 Å². The second-order valence-corrected chi connectivity index (χ2v) is 6.89. The molecule has 134 valence electrons. The van der Waals surface area contributed by atoms with Crippen LogP contribution in [0.5, 0.6) is 0 Å². The van der Waals surface area contributed by atoms with Crippen LogP contribution in [0, 0.1) is 11.2 Å². The molecule has 1 aliphatic rings. The smallest absolute Gasteiger partial charge is 0.288 e. The lowest BCUT2D eigenvalue weighted by Gasteiger charge is -2.29. The number of rotatable bonds is 6. The maximum Gasteiger partial charge on any atom is 0.405 e. The van der Waals surface area contributed by atoms with Gasteiger partial charge in [-0.15, -0.1) is 0 Å². The first-order chi connectivity index (χ1) is 11.1. The zero-order valence-electron chi connectivity index (χ0n) is 13.8. The van der Waals surface area contributed by atoms with Crippen LogP contribution in [0.4, 0.5) is 17.6 Å². The van der Waals surface area contributed by atoms with E-state index in [0.717, 1.165) is 10.6 Å². The molecule has 3 nitrogen and oxygen atoms in total. The van der Waals surface area contributed by atoms with Crippen molar-refractivity contribution >= 4 is 5.91 Å². The van der Waals surface area contributed by atoms with Crippen molar-refractivity contribution < 1.29 is 22.4 Å². The van der Waals surface area contributed by atoms with Gasteiger partial charge in [0.25, 0.3) is 0 Å². The Balaban J connectivity index is 1.90. The van der Waals surface area contributed by atoms with Crippen LogP contribution >= 0.6 is 0 Å². The van der Waals surface area contributed by atoms with E-state index in [4.69, 9.17) is 0 Å². The zero-order chi connectivity index (χ0) is 18.0. The molecule has 1 atom stereocenters. The van der Waals surface area contributed by atoms with Crippen molar-refractivity contribution in [2.24, 2.45) is 5.41 Å². The predicted octanol–water partition coefficient (Wildman–Crippen LogP) is 3.84. The van der Waals surface area contributed by atoms with E-state index in [0.29, 0.717) is 19.3 Å². The third-order valence-corrected chi connectivity index (χ3v) is 4.26. The van der Waals surface area contributed by atoms with Crippen molar-refractivity contribution in [2.75, 3.05) is 6.54 Å². The molecular formula is C17H22F4N2O. The van der Waals surface area contributed by atoms with Crippen molar-refractivity contribution in [2.45, 2.75) is 51.7 Å². The minimum absolute atomic E-state index is 0.0277. The van der Waals surface area contributed by atoms with E-state index in [1.807, 2.05) is 0 Å². The summed E-state index contributed by atoms with van der Waals surface area (Å²) >= 11 is 0. The lowest BCUT2D eigenvalue weighted by atomic mass is 9.94. The first-order valence-corrected chi connectivity index (χ1v) is 7.98. The second-order valence-electron chi connectivity index (χ2n) is 6.89. The SMILES string of the molecule is CC1(C)CN([C@@H](CCCCc2cccc(F)c2)C(F)(F)F)NC1=O. The maximum atomic E-state index is 13.3. The third kappa shape index (κ3) is 4.69. The van der Waals surface area contributed by atoms with Crippen LogP contribution in [-0.2, 0) is 11.2 Å². The van der Waals surface area contributed by atoms with Crippen molar-refractivity contribution in [3.8, 4) is 0 Å². The maximum absolute atomic E-state index is 13.3. The molecule has 0 saturated carbocycles. The van der Waals surface area contributed by atoms with Crippen LogP contribution in [0.25, 0.3) is 0 Å². The molecule has 1 heterocycles. The number of hydrogen-bond acceptors (Lipinski definition) is 2. The Labute approximate surface area is 139 Å². The number of unbranched alkanes of at least 4 members (excludes halogenated alkanes) is 1. The normalized spacial score (nSPS) is 19.3. The average molecular weight is 346 g/mol. The van der Waals surface area contributed by atoms with Gasteiger partial charge in [0, 0.05) is 6.54 Å². The quantitative estimate of drug-likeness (QED) is 0.627. The fraction of sp³-hybridized carbons (Fsp3) is 0.588. The van der Waals surface area contributed by atoms with E-state index in [1.54, 1.807) is 26.0 Å². The highest BCUT2D eigenvalue weighted by Crippen LogP contribution is 2.33. The van der Waals surface area contributed by atoms with E-state index in [-0.39, 0.29) is 18.8 Å². The molecule has 7 heteroatoms. The van der Waals surface area contributed by atoms with E-state index in [9.17, 15) is 22.4 Å². The Morgan fingerprint density at radius 3 is 2.54 bits per heavy atom. The van der Waals surface area contributed by atoms with E-state index < -0.39 is 23.5 Å². The van der Waals surface area contributed by atoms with Gasteiger partial charge in [-0.25, -0.2) is 9.40 Å². The molecule has 1 aliphatic heterocycles. The standard InChI is InChI=1S/C17H22F4N2O/c1-16(2)11-23(22-15(16)24)14(17(19,20)21)9-4-3-6-12-7-5-8-13(18)10-12/h5,7-8,10,14H,3-4,6,9,11H2,1-2H3,(H,22,24)/t14-/m0/s1. The molecule has 0 aliphatic carbocycles. The summed E-state index contributed by atoms with van der Waals surface area (Å²) in [6.07, 6.45) is -3.11. The zero-order valence-corrected chi connectivity index (χ0v) is 13.8. The highest BCUT2D eigenvalue weighted by Gasteiger charge is 2.49. The molecule has 0 radical (unpaired) electrons. The number of hydrogen-bond donors (Lipinski definition) is 1. The molecule has 1 aromatic rings. The highest BCUT2D eigenvalue weighted by molar-refractivity contribution is 5.83. The second kappa shape index (κ2) is 7.09. The van der Waals surface area contributed by atoms with Gasteiger partial charge in [0.15, 0.2) is 0 Å². The number of nitrogens with one attached hydrogen (secondary N) is 1. The number of carbonyl (C=O) groups excluding carboxylic acids is 1. The van der Waals surface area contributed by atoms with Crippen molar-refractivity contribution in [3.05, 3.63) is 35.6 Å². The molecule has 0 bridgehead atoms. The number of hydrazine groups is 1. The third-order valence-electron chi connectivity index (χ3n) is 4.26. The molecule has 0 spiro atoms. The van der Waals surface area contributed by atoms with Crippen LogP contribution in [0.1, 0.15) is 38.7 Å². The predicted molar refractivity (Wildman–Crippen MR) is 82.4 cm³/mol. The van der Waals surface area contributed by atoms with Gasteiger partial charge in [0.2, 0.25) is 5.91 Å². The first kappa shape index (κ1) is 18.7. The van der Waals surface area contributed by atoms with E-state index in [2.05, 4.69) is 5.43 Å². The summed E-state index contributed by atoms with van der Waals surface area (Å²) in [6, 6.07) is 4.38. The number of aryl methyl sites for hydroxylation is 1. The summed E-state index contributed by atoms with van der Waals surface area (Å²) in [4.78, 5) is 11.7. The molecule has 24 heavy (non-hydrogen) atoms. The first-order valence-electron chi connectivity index (χ1n) is 7.98. The molecule has 0 aromatic heterocycles. The Morgan fingerprint density at radius 2 is 2.00 bits per heavy atom. The summed E-state index contributed by atoms with van der Waals surface area (Å²) in [5.41, 5.74) is 2.29. The van der Waals surface area contributed by atoms with Crippen molar-refractivity contribution in [3.63, 3.8) is 0 Å². The Kier molecular flexibility index (Phi) is 5.52. The molecule has 1 amide bonds. The highest BCUT2D eigenvalue weighted by atomic mass is 19.4. The summed E-state index contributed by atoms with van der Waals surface area (Å²) < 4.78 is 53.0. The Hall–Kier alpha value is -1.63. The van der Waals surface area contributed by atoms with Gasteiger partial charge in [-0.1, -0.05) is 18.6 Å². The molecule has 0 unspecified atom stereocenters. The topological polar surface area (TPSA) is 32.3 Å². The molecule has 1 N–H and O–H groups in total. The van der Waals surface area contributed by atoms with Crippen LogP contribution in [-0.4, -0.2) is 29.7 Å². The molecule has 1 saturated heterocycles. The lowest BCUT2D eigenvalue weighted by Crippen LogP contribution is -2.49. The summed E-state index contributed by atoms with van der Waals surface area (Å²) in [7, 11) is 0. The number of halogens is 4. The molecule has 1 fully saturated rings. The molecule has 2 rings (SSSR count). The van der Waals surface area contributed by atoms with Gasteiger partial charge in [-0.2, -0.15) is 13.2 Å². The van der Waals surface area contributed by atoms with Crippen LogP contribution in [0.15, 0.2) is 24.3 Å². The van der Waals surface area contributed by atoms with Crippen LogP contribution in [0.2, 0.25) is 0 Å². The number of nitrogens with zero attached hydrogens (tertiary/aromatic N) is 1. The summed E-state index contributed by atoms with van der Waals surface area (Å²) in [6.45, 7) is 3.28. The van der Waals surface area contributed by atoms with Crippen LogP contribution in [0.3, 0.4) is 0 Å². The monoisotopic (exact) mass is 346 g/mol. The molecule has 1 aromatic carbocycles. The Bertz CT molecular complexity index is 586. The summed E-state index contributed by atoms with van der Waals surface area (Å²) in [5, 5.41) is 1.00. The van der Waals surface area contributed by atoms with E-state index in [1.165, 1.54) is 12.1 Å². The summed E-state index contributed by atoms with van der Waals surface area (Å²) in [5.74, 6) is -0.737. The number of amides is 1. The van der Waals surface area contributed by atoms with Gasteiger partial charge in [0.05, 0.1) is 5.41 Å².